The van der Waals surface area contributed by atoms with Crippen LogP contribution in [-0.2, 0) is 0 Å². The topological polar surface area (TPSA) is 15.3 Å². The van der Waals surface area contributed by atoms with Crippen LogP contribution in [0, 0.1) is 6.92 Å². The van der Waals surface area contributed by atoms with Gasteiger partial charge >= 0.3 is 0 Å². The number of benzene rings is 1. The van der Waals surface area contributed by atoms with Crippen LogP contribution in [-0.4, -0.2) is 30.1 Å². The Morgan fingerprint density at radius 1 is 1.28 bits per heavy atom. The molecule has 1 saturated heterocycles. The molecule has 0 spiro atoms. The number of halogens is 1. The van der Waals surface area contributed by atoms with Crippen molar-refractivity contribution in [2.24, 2.45) is 0 Å². The zero-order valence-electron chi connectivity index (χ0n) is 11.5. The molecule has 3 heteroatoms. The number of anilines is 1. The molecule has 1 fully saturated rings. The number of rotatable bonds is 3. The number of hydrogen-bond acceptors (Lipinski definition) is 2. The molecule has 100 valence electrons. The van der Waals surface area contributed by atoms with Crippen molar-refractivity contribution in [2.45, 2.75) is 45.7 Å². The first kappa shape index (κ1) is 13.7. The fourth-order valence-corrected chi connectivity index (χ4v) is 2.72. The molecule has 1 N–H and O–H groups in total. The highest BCUT2D eigenvalue weighted by molar-refractivity contribution is 6.34. The molecule has 0 bridgehead atoms. The fraction of sp³-hybridized carbons (Fsp3) is 0.600. The lowest BCUT2D eigenvalue weighted by Crippen LogP contribution is -2.42. The van der Waals surface area contributed by atoms with Crippen LogP contribution >= 0.6 is 11.6 Å². The molecule has 0 atom stereocenters. The molecule has 1 aliphatic rings. The molecule has 2 nitrogen and oxygen atoms in total. The first-order chi connectivity index (χ1) is 8.58. The van der Waals surface area contributed by atoms with E-state index in [1.54, 1.807) is 0 Å². The largest absolute Gasteiger partial charge is 0.381 e. The molecule has 2 rings (SSSR count). The van der Waals surface area contributed by atoms with Crippen molar-refractivity contribution < 1.29 is 0 Å². The molecule has 0 saturated carbocycles. The second-order valence-electron chi connectivity index (χ2n) is 5.48. The molecule has 0 aromatic heterocycles. The summed E-state index contributed by atoms with van der Waals surface area (Å²) < 4.78 is 0. The Morgan fingerprint density at radius 2 is 1.94 bits per heavy atom. The summed E-state index contributed by atoms with van der Waals surface area (Å²) in [6.45, 7) is 8.95. The predicted molar refractivity (Wildman–Crippen MR) is 79.5 cm³/mol. The van der Waals surface area contributed by atoms with Gasteiger partial charge in [-0.1, -0.05) is 23.7 Å². The maximum absolute atomic E-state index is 6.32. The number of nitrogens with zero attached hydrogens (tertiary/aromatic N) is 1. The quantitative estimate of drug-likeness (QED) is 0.892. The second-order valence-corrected chi connectivity index (χ2v) is 5.86. The van der Waals surface area contributed by atoms with Crippen LogP contribution in [0.1, 0.15) is 32.3 Å². The van der Waals surface area contributed by atoms with Crippen molar-refractivity contribution in [3.8, 4) is 0 Å². The number of nitrogens with one attached hydrogen (secondary N) is 1. The molecule has 0 radical (unpaired) electrons. The first-order valence-electron chi connectivity index (χ1n) is 6.83. The van der Waals surface area contributed by atoms with E-state index in [4.69, 9.17) is 11.6 Å². The van der Waals surface area contributed by atoms with Gasteiger partial charge in [0, 0.05) is 25.2 Å². The van der Waals surface area contributed by atoms with E-state index >= 15 is 0 Å². The Labute approximate surface area is 115 Å². The third kappa shape index (κ3) is 3.18. The van der Waals surface area contributed by atoms with E-state index in [-0.39, 0.29) is 0 Å². The Morgan fingerprint density at radius 3 is 2.56 bits per heavy atom. The lowest BCUT2D eigenvalue weighted by Gasteiger charge is -2.35. The van der Waals surface area contributed by atoms with Gasteiger partial charge in [0.05, 0.1) is 10.7 Å². The molecule has 1 aromatic rings. The van der Waals surface area contributed by atoms with Crippen LogP contribution in [0.2, 0.25) is 5.02 Å². The van der Waals surface area contributed by atoms with Crippen LogP contribution in [0.3, 0.4) is 0 Å². The standard InChI is InChI=1S/C15H23ClN2/c1-11(2)18-9-7-13(8-10-18)17-14-6-4-5-12(3)15(14)16/h4-6,11,13,17H,7-10H2,1-3H3. The van der Waals surface area contributed by atoms with Crippen LogP contribution in [0.4, 0.5) is 5.69 Å². The van der Waals surface area contributed by atoms with Gasteiger partial charge in [-0.25, -0.2) is 0 Å². The average molecular weight is 267 g/mol. The fourth-order valence-electron chi connectivity index (χ4n) is 2.54. The summed E-state index contributed by atoms with van der Waals surface area (Å²) in [5.41, 5.74) is 2.22. The van der Waals surface area contributed by atoms with Gasteiger partial charge in [-0.15, -0.1) is 0 Å². The molecule has 0 unspecified atom stereocenters. The monoisotopic (exact) mass is 266 g/mol. The van der Waals surface area contributed by atoms with Crippen LogP contribution in [0.25, 0.3) is 0 Å². The Hall–Kier alpha value is -0.730. The van der Waals surface area contributed by atoms with Crippen molar-refractivity contribution in [1.29, 1.82) is 0 Å². The van der Waals surface area contributed by atoms with E-state index in [9.17, 15) is 0 Å². The van der Waals surface area contributed by atoms with Gasteiger partial charge < -0.3 is 10.2 Å². The zero-order valence-corrected chi connectivity index (χ0v) is 12.3. The lowest BCUT2D eigenvalue weighted by atomic mass is 10.0. The molecular weight excluding hydrogens is 244 g/mol. The zero-order chi connectivity index (χ0) is 13.1. The van der Waals surface area contributed by atoms with Gasteiger partial charge in [0.15, 0.2) is 0 Å². The SMILES string of the molecule is Cc1cccc(NC2CCN(C(C)C)CC2)c1Cl. The molecule has 1 heterocycles. The van der Waals surface area contributed by atoms with Crippen molar-refractivity contribution in [3.63, 3.8) is 0 Å². The predicted octanol–water partition coefficient (Wildman–Crippen LogP) is 3.93. The maximum atomic E-state index is 6.32. The summed E-state index contributed by atoms with van der Waals surface area (Å²) in [6, 6.07) is 7.40. The Bertz CT molecular complexity index is 395. The van der Waals surface area contributed by atoms with Gasteiger partial charge in [0.1, 0.15) is 0 Å². The normalized spacial score (nSPS) is 18.3. The van der Waals surface area contributed by atoms with Gasteiger partial charge in [-0.2, -0.15) is 0 Å². The van der Waals surface area contributed by atoms with Crippen molar-refractivity contribution in [3.05, 3.63) is 28.8 Å². The van der Waals surface area contributed by atoms with Gasteiger partial charge in [-0.3, -0.25) is 0 Å². The lowest BCUT2D eigenvalue weighted by molar-refractivity contribution is 0.177. The van der Waals surface area contributed by atoms with E-state index < -0.39 is 0 Å². The van der Waals surface area contributed by atoms with E-state index in [0.29, 0.717) is 12.1 Å². The summed E-state index contributed by atoms with van der Waals surface area (Å²) in [4.78, 5) is 2.54. The highest BCUT2D eigenvalue weighted by Crippen LogP contribution is 2.27. The maximum Gasteiger partial charge on any atom is 0.0666 e. The molecule has 0 amide bonds. The summed E-state index contributed by atoms with van der Waals surface area (Å²) in [5, 5.41) is 4.46. The molecule has 1 aliphatic heterocycles. The summed E-state index contributed by atoms with van der Waals surface area (Å²) in [5.74, 6) is 0. The van der Waals surface area contributed by atoms with Gasteiger partial charge in [-0.05, 0) is 45.2 Å². The number of hydrogen-bond donors (Lipinski definition) is 1. The van der Waals surface area contributed by atoms with Crippen LogP contribution < -0.4 is 5.32 Å². The Kier molecular flexibility index (Phi) is 4.52. The van der Waals surface area contributed by atoms with E-state index in [0.717, 1.165) is 16.3 Å². The number of piperidine rings is 1. The van der Waals surface area contributed by atoms with E-state index in [1.165, 1.54) is 25.9 Å². The van der Waals surface area contributed by atoms with Gasteiger partial charge in [0.25, 0.3) is 0 Å². The summed E-state index contributed by atoms with van der Waals surface area (Å²) in [7, 11) is 0. The minimum absolute atomic E-state index is 0.555. The number of aryl methyl sites for hydroxylation is 1. The third-order valence-electron chi connectivity index (χ3n) is 3.81. The minimum Gasteiger partial charge on any atom is -0.381 e. The van der Waals surface area contributed by atoms with E-state index in [1.807, 2.05) is 0 Å². The molecule has 0 aliphatic carbocycles. The van der Waals surface area contributed by atoms with Gasteiger partial charge in [0.2, 0.25) is 0 Å². The van der Waals surface area contributed by atoms with Crippen molar-refractivity contribution in [2.75, 3.05) is 18.4 Å². The third-order valence-corrected chi connectivity index (χ3v) is 4.31. The highest BCUT2D eigenvalue weighted by atomic mass is 35.5. The minimum atomic E-state index is 0.555. The summed E-state index contributed by atoms with van der Waals surface area (Å²) >= 11 is 6.32. The Balaban J connectivity index is 1.94. The van der Waals surface area contributed by atoms with Crippen molar-refractivity contribution >= 4 is 17.3 Å². The van der Waals surface area contributed by atoms with E-state index in [2.05, 4.69) is 49.2 Å². The average Bonchev–Trinajstić information content (AvgIpc) is 2.36. The molecule has 1 aromatic carbocycles. The summed E-state index contributed by atoms with van der Waals surface area (Å²) in [6.07, 6.45) is 2.39. The van der Waals surface area contributed by atoms with Crippen LogP contribution in [0.5, 0.6) is 0 Å². The molecular formula is C15H23ClN2. The highest BCUT2D eigenvalue weighted by Gasteiger charge is 2.21. The van der Waals surface area contributed by atoms with Crippen molar-refractivity contribution in [1.82, 2.24) is 4.90 Å². The first-order valence-corrected chi connectivity index (χ1v) is 7.21. The smallest absolute Gasteiger partial charge is 0.0666 e. The van der Waals surface area contributed by atoms with Crippen LogP contribution in [0.15, 0.2) is 18.2 Å². The molecule has 18 heavy (non-hydrogen) atoms. The second kappa shape index (κ2) is 5.94. The number of likely N-dealkylation sites (tertiary alicyclic amines) is 1.